The molecule has 1 aromatic heterocycles. The summed E-state index contributed by atoms with van der Waals surface area (Å²) in [6.45, 7) is 2.29. The van der Waals surface area contributed by atoms with Crippen molar-refractivity contribution in [3.05, 3.63) is 22.7 Å². The number of aromatic amines is 1. The number of nitrogens with zero attached hydrogens (tertiary/aromatic N) is 2. The average Bonchev–Trinajstić information content (AvgIpc) is 2.52. The molecule has 0 bridgehead atoms. The van der Waals surface area contributed by atoms with E-state index in [0.717, 1.165) is 6.54 Å². The van der Waals surface area contributed by atoms with E-state index < -0.39 is 0 Å². The molecule has 4 heteroatoms. The molecule has 1 aliphatic rings. The van der Waals surface area contributed by atoms with Gasteiger partial charge >= 0.3 is 0 Å². The number of hydrogen-bond donors (Lipinski definition) is 1. The molecule has 0 radical (unpaired) electrons. The molecule has 0 saturated carbocycles. The second kappa shape index (κ2) is 3.55. The lowest BCUT2D eigenvalue weighted by Crippen LogP contribution is -2.13. The van der Waals surface area contributed by atoms with Crippen LogP contribution in [0.5, 0.6) is 0 Å². The summed E-state index contributed by atoms with van der Waals surface area (Å²) in [6.07, 6.45) is 3.00. The van der Waals surface area contributed by atoms with E-state index in [1.807, 2.05) is 6.07 Å². The lowest BCUT2D eigenvalue weighted by molar-refractivity contribution is 0.410. The summed E-state index contributed by atoms with van der Waals surface area (Å²) in [4.78, 5) is 9.46. The monoisotopic (exact) mass is 195 g/mol. The van der Waals surface area contributed by atoms with Crippen LogP contribution >= 0.6 is 12.2 Å². The van der Waals surface area contributed by atoms with Crippen molar-refractivity contribution in [1.29, 1.82) is 0 Å². The minimum Gasteiger partial charge on any atom is -0.334 e. The Hall–Kier alpha value is -0.740. The van der Waals surface area contributed by atoms with Gasteiger partial charge in [0.15, 0.2) is 4.77 Å². The van der Waals surface area contributed by atoms with Gasteiger partial charge in [-0.05, 0) is 38.3 Å². The minimum atomic E-state index is 0.590. The molecule has 1 atom stereocenters. The van der Waals surface area contributed by atoms with Crippen molar-refractivity contribution in [3.8, 4) is 0 Å². The molecule has 1 aromatic rings. The molecule has 1 aliphatic heterocycles. The molecule has 13 heavy (non-hydrogen) atoms. The summed E-state index contributed by atoms with van der Waals surface area (Å²) < 4.78 is 0.590. The standard InChI is InChI=1S/C9H13N3S/c1-12-5-3-7(6-12)8-2-4-10-9(13)11-8/h2,4,7H,3,5-6H2,1H3,(H,10,11,13). The van der Waals surface area contributed by atoms with E-state index >= 15 is 0 Å². The maximum atomic E-state index is 4.98. The largest absolute Gasteiger partial charge is 0.334 e. The van der Waals surface area contributed by atoms with E-state index in [2.05, 4.69) is 21.9 Å². The molecule has 2 heterocycles. The van der Waals surface area contributed by atoms with Gasteiger partial charge in [0.05, 0.1) is 0 Å². The van der Waals surface area contributed by atoms with E-state index in [1.165, 1.54) is 18.7 Å². The average molecular weight is 195 g/mol. The van der Waals surface area contributed by atoms with Gasteiger partial charge in [-0.3, -0.25) is 0 Å². The van der Waals surface area contributed by atoms with Gasteiger partial charge in [0.1, 0.15) is 0 Å². The van der Waals surface area contributed by atoms with Gasteiger partial charge in [-0.2, -0.15) is 0 Å². The smallest absolute Gasteiger partial charge is 0.196 e. The molecule has 1 N–H and O–H groups in total. The zero-order valence-corrected chi connectivity index (χ0v) is 8.47. The summed E-state index contributed by atoms with van der Waals surface area (Å²) in [5.41, 5.74) is 1.23. The Balaban J connectivity index is 2.21. The SMILES string of the molecule is CN1CCC(c2ccnc(=S)[nH]2)C1. The highest BCUT2D eigenvalue weighted by atomic mass is 32.1. The van der Waals surface area contributed by atoms with Gasteiger partial charge in [0.2, 0.25) is 0 Å². The van der Waals surface area contributed by atoms with Crippen LogP contribution in [0.25, 0.3) is 0 Å². The number of nitrogens with one attached hydrogen (secondary N) is 1. The Morgan fingerprint density at radius 1 is 1.69 bits per heavy atom. The van der Waals surface area contributed by atoms with Crippen molar-refractivity contribution in [1.82, 2.24) is 14.9 Å². The van der Waals surface area contributed by atoms with Gasteiger partial charge < -0.3 is 9.88 Å². The molecule has 3 nitrogen and oxygen atoms in total. The van der Waals surface area contributed by atoms with Crippen LogP contribution in [-0.4, -0.2) is 35.0 Å². The van der Waals surface area contributed by atoms with Crippen LogP contribution in [-0.2, 0) is 0 Å². The Bertz CT molecular complexity index is 347. The Morgan fingerprint density at radius 3 is 3.15 bits per heavy atom. The van der Waals surface area contributed by atoms with Gasteiger partial charge in [-0.1, -0.05) is 0 Å². The highest BCUT2D eigenvalue weighted by Crippen LogP contribution is 2.23. The predicted octanol–water partition coefficient (Wildman–Crippen LogP) is 1.56. The zero-order chi connectivity index (χ0) is 9.26. The number of aromatic nitrogens is 2. The van der Waals surface area contributed by atoms with Gasteiger partial charge in [0, 0.05) is 24.4 Å². The maximum absolute atomic E-state index is 4.98. The molecule has 70 valence electrons. The topological polar surface area (TPSA) is 31.9 Å². The molecule has 0 amide bonds. The predicted molar refractivity (Wildman–Crippen MR) is 54.3 cm³/mol. The molecule has 1 unspecified atom stereocenters. The fourth-order valence-corrected chi connectivity index (χ4v) is 1.99. The molecule has 1 fully saturated rings. The van der Waals surface area contributed by atoms with Gasteiger partial charge in [-0.25, -0.2) is 4.98 Å². The van der Waals surface area contributed by atoms with Gasteiger partial charge in [-0.15, -0.1) is 0 Å². The van der Waals surface area contributed by atoms with Crippen molar-refractivity contribution >= 4 is 12.2 Å². The number of H-pyrrole nitrogens is 1. The number of rotatable bonds is 1. The van der Waals surface area contributed by atoms with Crippen molar-refractivity contribution in [3.63, 3.8) is 0 Å². The van der Waals surface area contributed by atoms with Crippen LogP contribution in [0.15, 0.2) is 12.3 Å². The Labute approximate surface area is 82.8 Å². The molecular formula is C9H13N3S. The molecule has 0 aromatic carbocycles. The van der Waals surface area contributed by atoms with E-state index in [1.54, 1.807) is 6.20 Å². The van der Waals surface area contributed by atoms with Crippen molar-refractivity contribution in [2.75, 3.05) is 20.1 Å². The first kappa shape index (κ1) is 8.84. The molecular weight excluding hydrogens is 182 g/mol. The maximum Gasteiger partial charge on any atom is 0.196 e. The van der Waals surface area contributed by atoms with Crippen molar-refractivity contribution in [2.24, 2.45) is 0 Å². The summed E-state index contributed by atoms with van der Waals surface area (Å²) in [6, 6.07) is 2.03. The Kier molecular flexibility index (Phi) is 2.42. The second-order valence-electron chi connectivity index (χ2n) is 3.58. The first-order chi connectivity index (χ1) is 6.25. The first-order valence-electron chi connectivity index (χ1n) is 4.49. The first-order valence-corrected chi connectivity index (χ1v) is 4.90. The number of hydrogen-bond acceptors (Lipinski definition) is 3. The summed E-state index contributed by atoms with van der Waals surface area (Å²) in [5, 5.41) is 0. The van der Waals surface area contributed by atoms with Crippen LogP contribution in [0.3, 0.4) is 0 Å². The lowest BCUT2D eigenvalue weighted by atomic mass is 10.1. The van der Waals surface area contributed by atoms with Crippen molar-refractivity contribution < 1.29 is 0 Å². The molecule has 2 rings (SSSR count). The Morgan fingerprint density at radius 2 is 2.54 bits per heavy atom. The summed E-state index contributed by atoms with van der Waals surface area (Å²) in [5.74, 6) is 0.606. The quantitative estimate of drug-likeness (QED) is 0.690. The second-order valence-corrected chi connectivity index (χ2v) is 3.96. The van der Waals surface area contributed by atoms with Crippen LogP contribution < -0.4 is 0 Å². The summed E-state index contributed by atoms with van der Waals surface area (Å²) >= 11 is 4.98. The van der Waals surface area contributed by atoms with Crippen LogP contribution in [0, 0.1) is 4.77 Å². The normalized spacial score (nSPS) is 23.6. The van der Waals surface area contributed by atoms with E-state index in [4.69, 9.17) is 12.2 Å². The third kappa shape index (κ3) is 1.95. The molecule has 0 spiro atoms. The molecule has 1 saturated heterocycles. The third-order valence-electron chi connectivity index (χ3n) is 2.53. The van der Waals surface area contributed by atoms with Crippen LogP contribution in [0.1, 0.15) is 18.0 Å². The van der Waals surface area contributed by atoms with Crippen LogP contribution in [0.4, 0.5) is 0 Å². The number of likely N-dealkylation sites (tertiary alicyclic amines) is 1. The van der Waals surface area contributed by atoms with E-state index in [0.29, 0.717) is 10.7 Å². The lowest BCUT2D eigenvalue weighted by Gasteiger charge is -2.09. The number of likely N-dealkylation sites (N-methyl/N-ethyl adjacent to an activating group) is 1. The zero-order valence-electron chi connectivity index (χ0n) is 7.66. The minimum absolute atomic E-state index is 0.590. The highest BCUT2D eigenvalue weighted by molar-refractivity contribution is 7.71. The summed E-state index contributed by atoms with van der Waals surface area (Å²) in [7, 11) is 2.15. The van der Waals surface area contributed by atoms with Gasteiger partial charge in [0.25, 0.3) is 0 Å². The fraction of sp³-hybridized carbons (Fsp3) is 0.556. The fourth-order valence-electron chi connectivity index (χ4n) is 1.81. The molecule has 0 aliphatic carbocycles. The highest BCUT2D eigenvalue weighted by Gasteiger charge is 2.21. The van der Waals surface area contributed by atoms with E-state index in [-0.39, 0.29) is 0 Å². The van der Waals surface area contributed by atoms with E-state index in [9.17, 15) is 0 Å². The van der Waals surface area contributed by atoms with Crippen molar-refractivity contribution in [2.45, 2.75) is 12.3 Å². The third-order valence-corrected chi connectivity index (χ3v) is 2.74. The van der Waals surface area contributed by atoms with Crippen LogP contribution in [0.2, 0.25) is 0 Å².